The lowest BCUT2D eigenvalue weighted by molar-refractivity contribution is -0.121. The van der Waals surface area contributed by atoms with Crippen LogP contribution in [-0.4, -0.2) is 17.1 Å². The standard InChI is InChI=1S/C16H23N3O2/c1-2-21-15-8-6-7-14-13(15)10-12-19(14)11-5-3-4-9-16(20)18-17/h6-8,10,12H,2-5,9,11,17H2,1H3,(H,18,20). The Hall–Kier alpha value is -2.01. The number of carbonyl (C=O) groups excluding carboxylic acids is 1. The van der Waals surface area contributed by atoms with Gasteiger partial charge in [0.05, 0.1) is 12.1 Å². The minimum absolute atomic E-state index is 0.0947. The molecule has 0 radical (unpaired) electrons. The third-order valence-corrected chi connectivity index (χ3v) is 3.54. The van der Waals surface area contributed by atoms with Gasteiger partial charge in [-0.15, -0.1) is 0 Å². The van der Waals surface area contributed by atoms with Crippen molar-refractivity contribution in [2.24, 2.45) is 5.84 Å². The number of amides is 1. The summed E-state index contributed by atoms with van der Waals surface area (Å²) in [4.78, 5) is 11.0. The number of rotatable bonds is 8. The topological polar surface area (TPSA) is 69.3 Å². The van der Waals surface area contributed by atoms with Crippen LogP contribution in [0.25, 0.3) is 10.9 Å². The summed E-state index contributed by atoms with van der Waals surface area (Å²) in [5.41, 5.74) is 3.35. The summed E-state index contributed by atoms with van der Waals surface area (Å²) in [6.07, 6.45) is 5.52. The molecule has 0 aliphatic carbocycles. The molecule has 2 aromatic rings. The molecule has 0 aliphatic heterocycles. The average Bonchev–Trinajstić information content (AvgIpc) is 2.91. The number of hydrogen-bond donors (Lipinski definition) is 2. The van der Waals surface area contributed by atoms with Crippen LogP contribution < -0.4 is 16.0 Å². The third-order valence-electron chi connectivity index (χ3n) is 3.54. The minimum Gasteiger partial charge on any atom is -0.493 e. The maximum absolute atomic E-state index is 11.0. The van der Waals surface area contributed by atoms with Gasteiger partial charge in [-0.1, -0.05) is 12.5 Å². The molecule has 21 heavy (non-hydrogen) atoms. The van der Waals surface area contributed by atoms with Gasteiger partial charge in [-0.05, 0) is 38.0 Å². The molecule has 2 rings (SSSR count). The molecular weight excluding hydrogens is 266 g/mol. The van der Waals surface area contributed by atoms with Crippen LogP contribution in [0.2, 0.25) is 0 Å². The highest BCUT2D eigenvalue weighted by atomic mass is 16.5. The monoisotopic (exact) mass is 289 g/mol. The zero-order valence-electron chi connectivity index (χ0n) is 12.5. The summed E-state index contributed by atoms with van der Waals surface area (Å²) >= 11 is 0. The maximum Gasteiger partial charge on any atom is 0.233 e. The molecule has 0 atom stereocenters. The van der Waals surface area contributed by atoms with E-state index in [1.807, 2.05) is 19.1 Å². The molecule has 0 saturated carbocycles. The van der Waals surface area contributed by atoms with Crippen molar-refractivity contribution in [3.05, 3.63) is 30.5 Å². The first-order valence-corrected chi connectivity index (χ1v) is 7.46. The van der Waals surface area contributed by atoms with Gasteiger partial charge in [0.15, 0.2) is 0 Å². The first-order chi connectivity index (χ1) is 10.3. The van der Waals surface area contributed by atoms with Crippen molar-refractivity contribution >= 4 is 16.8 Å². The van der Waals surface area contributed by atoms with E-state index in [0.717, 1.165) is 36.9 Å². The molecule has 1 heterocycles. The molecular formula is C16H23N3O2. The number of benzene rings is 1. The van der Waals surface area contributed by atoms with E-state index < -0.39 is 0 Å². The van der Waals surface area contributed by atoms with E-state index in [1.165, 1.54) is 5.52 Å². The lowest BCUT2D eigenvalue weighted by atomic mass is 10.2. The highest BCUT2D eigenvalue weighted by molar-refractivity contribution is 5.86. The van der Waals surface area contributed by atoms with Crippen molar-refractivity contribution in [3.63, 3.8) is 0 Å². The minimum atomic E-state index is -0.0947. The highest BCUT2D eigenvalue weighted by Crippen LogP contribution is 2.26. The number of carbonyl (C=O) groups is 1. The lowest BCUT2D eigenvalue weighted by Gasteiger charge is -2.08. The normalized spacial score (nSPS) is 10.8. The molecule has 0 bridgehead atoms. The zero-order chi connectivity index (χ0) is 15.1. The van der Waals surface area contributed by atoms with Crippen LogP contribution in [0.3, 0.4) is 0 Å². The van der Waals surface area contributed by atoms with Gasteiger partial charge in [0, 0.05) is 24.5 Å². The van der Waals surface area contributed by atoms with Crippen LogP contribution in [0, 0.1) is 0 Å². The number of hydrazine groups is 1. The molecule has 3 N–H and O–H groups in total. The van der Waals surface area contributed by atoms with Crippen molar-refractivity contribution in [1.29, 1.82) is 0 Å². The quantitative estimate of drug-likeness (QED) is 0.340. The van der Waals surface area contributed by atoms with Gasteiger partial charge < -0.3 is 9.30 Å². The number of nitrogens with one attached hydrogen (secondary N) is 1. The van der Waals surface area contributed by atoms with E-state index in [0.29, 0.717) is 13.0 Å². The molecule has 0 unspecified atom stereocenters. The second kappa shape index (κ2) is 7.69. The number of hydrogen-bond acceptors (Lipinski definition) is 3. The second-order valence-electron chi connectivity index (χ2n) is 5.01. The Labute approximate surface area is 125 Å². The Balaban J connectivity index is 1.91. The van der Waals surface area contributed by atoms with E-state index in [-0.39, 0.29) is 5.91 Å². The number of fused-ring (bicyclic) bond motifs is 1. The molecule has 1 amide bonds. The summed E-state index contributed by atoms with van der Waals surface area (Å²) in [6, 6.07) is 8.24. The van der Waals surface area contributed by atoms with Gasteiger partial charge in [-0.3, -0.25) is 10.2 Å². The van der Waals surface area contributed by atoms with Gasteiger partial charge >= 0.3 is 0 Å². The van der Waals surface area contributed by atoms with E-state index in [1.54, 1.807) is 0 Å². The number of nitrogens with zero attached hydrogens (tertiary/aromatic N) is 1. The van der Waals surface area contributed by atoms with Gasteiger partial charge in [0.25, 0.3) is 0 Å². The third kappa shape index (κ3) is 3.98. The zero-order valence-corrected chi connectivity index (χ0v) is 12.5. The fourth-order valence-electron chi connectivity index (χ4n) is 2.49. The Morgan fingerprint density at radius 1 is 1.29 bits per heavy atom. The van der Waals surface area contributed by atoms with Crippen molar-refractivity contribution < 1.29 is 9.53 Å². The smallest absolute Gasteiger partial charge is 0.233 e. The van der Waals surface area contributed by atoms with Crippen molar-refractivity contribution in [2.45, 2.75) is 39.2 Å². The number of aromatic nitrogens is 1. The molecule has 5 nitrogen and oxygen atoms in total. The predicted octanol–water partition coefficient (Wildman–Crippen LogP) is 2.59. The fraction of sp³-hybridized carbons (Fsp3) is 0.438. The van der Waals surface area contributed by atoms with E-state index in [9.17, 15) is 4.79 Å². The van der Waals surface area contributed by atoms with Crippen LogP contribution in [0.4, 0.5) is 0 Å². The van der Waals surface area contributed by atoms with Crippen LogP contribution in [0.5, 0.6) is 5.75 Å². The first-order valence-electron chi connectivity index (χ1n) is 7.46. The van der Waals surface area contributed by atoms with E-state index in [4.69, 9.17) is 10.6 Å². The number of unbranched alkanes of at least 4 members (excludes halogenated alkanes) is 2. The number of ether oxygens (including phenoxy) is 1. The van der Waals surface area contributed by atoms with Crippen LogP contribution in [0.1, 0.15) is 32.6 Å². The number of nitrogens with two attached hydrogens (primary N) is 1. The summed E-state index contributed by atoms with van der Waals surface area (Å²) in [6.45, 7) is 3.62. The molecule has 0 spiro atoms. The summed E-state index contributed by atoms with van der Waals surface area (Å²) in [5.74, 6) is 5.89. The Bertz CT molecular complexity index is 592. The van der Waals surface area contributed by atoms with Gasteiger partial charge in [-0.2, -0.15) is 0 Å². The largest absolute Gasteiger partial charge is 0.493 e. The molecule has 0 saturated heterocycles. The fourth-order valence-corrected chi connectivity index (χ4v) is 2.49. The maximum atomic E-state index is 11.0. The molecule has 1 aromatic carbocycles. The van der Waals surface area contributed by atoms with Crippen molar-refractivity contribution in [3.8, 4) is 5.75 Å². The van der Waals surface area contributed by atoms with E-state index in [2.05, 4.69) is 28.3 Å². The lowest BCUT2D eigenvalue weighted by Crippen LogP contribution is -2.29. The molecule has 5 heteroatoms. The second-order valence-corrected chi connectivity index (χ2v) is 5.01. The van der Waals surface area contributed by atoms with Gasteiger partial charge in [0.2, 0.25) is 5.91 Å². The van der Waals surface area contributed by atoms with Gasteiger partial charge in [-0.25, -0.2) is 5.84 Å². The molecule has 114 valence electrons. The van der Waals surface area contributed by atoms with Crippen LogP contribution in [0.15, 0.2) is 30.5 Å². The average molecular weight is 289 g/mol. The summed E-state index contributed by atoms with van der Waals surface area (Å²) in [7, 11) is 0. The molecule has 1 aromatic heterocycles. The summed E-state index contributed by atoms with van der Waals surface area (Å²) < 4.78 is 7.88. The summed E-state index contributed by atoms with van der Waals surface area (Å²) in [5, 5.41) is 1.15. The van der Waals surface area contributed by atoms with Gasteiger partial charge in [0.1, 0.15) is 5.75 Å². The Kier molecular flexibility index (Phi) is 5.63. The predicted molar refractivity (Wildman–Crippen MR) is 83.9 cm³/mol. The number of aryl methyl sites for hydroxylation is 1. The van der Waals surface area contributed by atoms with Crippen LogP contribution >= 0.6 is 0 Å². The van der Waals surface area contributed by atoms with Crippen molar-refractivity contribution in [1.82, 2.24) is 9.99 Å². The van der Waals surface area contributed by atoms with E-state index >= 15 is 0 Å². The Morgan fingerprint density at radius 2 is 2.14 bits per heavy atom. The molecule has 0 fully saturated rings. The van der Waals surface area contributed by atoms with Crippen LogP contribution in [-0.2, 0) is 11.3 Å². The first kappa shape index (κ1) is 15.4. The molecule has 0 aliphatic rings. The SMILES string of the molecule is CCOc1cccc2c1ccn2CCCCCC(=O)NN. The highest BCUT2D eigenvalue weighted by Gasteiger charge is 2.06. The Morgan fingerprint density at radius 3 is 2.90 bits per heavy atom. The van der Waals surface area contributed by atoms with Crippen molar-refractivity contribution in [2.75, 3.05) is 6.61 Å².